The predicted molar refractivity (Wildman–Crippen MR) is 102 cm³/mol. The summed E-state index contributed by atoms with van der Waals surface area (Å²) in [4.78, 5) is 12.5. The van der Waals surface area contributed by atoms with Crippen molar-refractivity contribution >= 4 is 37.6 Å². The molecular formula is C20H30Br2O. The van der Waals surface area contributed by atoms with Crippen molar-refractivity contribution in [2.75, 3.05) is 0 Å². The van der Waals surface area contributed by atoms with Gasteiger partial charge in [0, 0.05) is 6.42 Å². The third-order valence-electron chi connectivity index (χ3n) is 8.30. The Kier molecular flexibility index (Phi) is 4.53. The average Bonchev–Trinajstić information content (AvgIpc) is 2.64. The lowest BCUT2D eigenvalue weighted by atomic mass is 9.46. The lowest BCUT2D eigenvalue weighted by Crippen LogP contribution is -2.53. The molecule has 4 rings (SSSR count). The van der Waals surface area contributed by atoms with E-state index >= 15 is 0 Å². The fraction of sp³-hybridized carbons (Fsp3) is 0.950. The van der Waals surface area contributed by atoms with Crippen molar-refractivity contribution in [1.29, 1.82) is 0 Å². The van der Waals surface area contributed by atoms with Crippen LogP contribution in [0.15, 0.2) is 0 Å². The van der Waals surface area contributed by atoms with Crippen LogP contribution in [0, 0.1) is 35.0 Å². The molecule has 0 saturated heterocycles. The summed E-state index contributed by atoms with van der Waals surface area (Å²) in [6, 6.07) is 0. The number of fused-ring (bicyclic) bond motifs is 5. The average molecular weight is 446 g/mol. The lowest BCUT2D eigenvalue weighted by molar-refractivity contribution is -0.121. The van der Waals surface area contributed by atoms with Crippen LogP contribution in [-0.4, -0.2) is 9.02 Å². The van der Waals surface area contributed by atoms with E-state index in [0.717, 1.165) is 36.5 Å². The molecule has 4 saturated carbocycles. The van der Waals surface area contributed by atoms with E-state index in [0.29, 0.717) is 17.1 Å². The largest absolute Gasteiger partial charge is 0.297 e. The first kappa shape index (κ1) is 17.1. The van der Waals surface area contributed by atoms with Crippen LogP contribution in [-0.2, 0) is 4.79 Å². The Morgan fingerprint density at radius 1 is 0.870 bits per heavy atom. The molecule has 0 heterocycles. The van der Waals surface area contributed by atoms with Gasteiger partial charge in [-0.1, -0.05) is 51.6 Å². The van der Waals surface area contributed by atoms with Crippen molar-refractivity contribution in [3.8, 4) is 0 Å². The molecule has 0 spiro atoms. The Morgan fingerprint density at radius 2 is 1.61 bits per heavy atom. The molecule has 4 aliphatic rings. The fourth-order valence-electron chi connectivity index (χ4n) is 7.14. The second-order valence-electron chi connectivity index (χ2n) is 9.08. The summed E-state index contributed by atoms with van der Waals surface area (Å²) in [5, 5.41) is 0. The second-order valence-corrected chi connectivity index (χ2v) is 12.6. The Hall–Kier alpha value is 0.630. The topological polar surface area (TPSA) is 17.1 Å². The summed E-state index contributed by atoms with van der Waals surface area (Å²) in [6.07, 6.45) is 14.4. The van der Waals surface area contributed by atoms with Gasteiger partial charge in [0.2, 0.25) is 0 Å². The summed E-state index contributed by atoms with van der Waals surface area (Å²) in [5.41, 5.74) is 0.601. The van der Waals surface area contributed by atoms with Gasteiger partial charge in [-0.05, 0) is 86.4 Å². The van der Waals surface area contributed by atoms with Gasteiger partial charge in [0.25, 0.3) is 0 Å². The highest BCUT2D eigenvalue weighted by Gasteiger charge is 2.57. The maximum atomic E-state index is 12.5. The van der Waals surface area contributed by atoms with Crippen LogP contribution in [0.25, 0.3) is 0 Å². The van der Waals surface area contributed by atoms with Crippen molar-refractivity contribution in [2.45, 2.75) is 80.8 Å². The van der Waals surface area contributed by atoms with Gasteiger partial charge in [0.1, 0.15) is 3.23 Å². The molecule has 0 aromatic rings. The van der Waals surface area contributed by atoms with Crippen LogP contribution < -0.4 is 0 Å². The highest BCUT2D eigenvalue weighted by atomic mass is 79.9. The first-order chi connectivity index (χ1) is 10.9. The molecule has 0 bridgehead atoms. The summed E-state index contributed by atoms with van der Waals surface area (Å²) in [7, 11) is 0. The van der Waals surface area contributed by atoms with Gasteiger partial charge in [-0.3, -0.25) is 4.79 Å². The van der Waals surface area contributed by atoms with E-state index in [1.807, 2.05) is 0 Å². The number of ketones is 1. The van der Waals surface area contributed by atoms with Crippen molar-refractivity contribution < 1.29 is 4.79 Å². The molecule has 4 fully saturated rings. The summed E-state index contributed by atoms with van der Waals surface area (Å²) < 4.78 is -0.434. The van der Waals surface area contributed by atoms with Gasteiger partial charge < -0.3 is 0 Å². The molecule has 0 N–H and O–H groups in total. The molecular weight excluding hydrogens is 416 g/mol. The monoisotopic (exact) mass is 444 g/mol. The van der Waals surface area contributed by atoms with Crippen LogP contribution in [0.1, 0.15) is 77.6 Å². The normalized spacial score (nSPS) is 49.5. The lowest BCUT2D eigenvalue weighted by Gasteiger charge is -2.59. The summed E-state index contributed by atoms with van der Waals surface area (Å²) in [6.45, 7) is 2.63. The third-order valence-corrected chi connectivity index (χ3v) is 10.4. The highest BCUT2D eigenvalue weighted by Crippen LogP contribution is 2.64. The van der Waals surface area contributed by atoms with Crippen molar-refractivity contribution in [3.05, 3.63) is 0 Å². The van der Waals surface area contributed by atoms with Crippen molar-refractivity contribution in [1.82, 2.24) is 0 Å². The summed E-state index contributed by atoms with van der Waals surface area (Å²) >= 11 is 7.63. The predicted octanol–water partition coefficient (Wildman–Crippen LogP) is 6.47. The number of carbonyl (C=O) groups excluding carboxylic acids is 1. The van der Waals surface area contributed by atoms with E-state index in [1.54, 1.807) is 0 Å². The van der Waals surface area contributed by atoms with Crippen LogP contribution in [0.5, 0.6) is 0 Å². The molecule has 130 valence electrons. The highest BCUT2D eigenvalue weighted by molar-refractivity contribution is 9.26. The van der Waals surface area contributed by atoms with Crippen LogP contribution in [0.2, 0.25) is 0 Å². The van der Waals surface area contributed by atoms with E-state index in [4.69, 9.17) is 0 Å². The molecule has 0 aromatic heterocycles. The van der Waals surface area contributed by atoms with E-state index in [-0.39, 0.29) is 0 Å². The molecule has 23 heavy (non-hydrogen) atoms. The van der Waals surface area contributed by atoms with Crippen LogP contribution in [0.4, 0.5) is 0 Å². The zero-order chi connectivity index (χ0) is 16.2. The minimum absolute atomic E-state index is 0.390. The quantitative estimate of drug-likeness (QED) is 0.390. The Bertz CT molecular complexity index is 488. The maximum Gasteiger partial charge on any atom is 0.160 e. The third kappa shape index (κ3) is 2.62. The van der Waals surface area contributed by atoms with Crippen LogP contribution >= 0.6 is 31.9 Å². The molecule has 0 amide bonds. The van der Waals surface area contributed by atoms with Gasteiger partial charge >= 0.3 is 0 Å². The zero-order valence-electron chi connectivity index (χ0n) is 14.3. The number of hydrogen-bond donors (Lipinski definition) is 0. The van der Waals surface area contributed by atoms with Gasteiger partial charge in [0.15, 0.2) is 5.78 Å². The number of hydrogen-bond acceptors (Lipinski definition) is 1. The second kappa shape index (κ2) is 6.11. The van der Waals surface area contributed by atoms with Crippen LogP contribution in [0.3, 0.4) is 0 Å². The van der Waals surface area contributed by atoms with Gasteiger partial charge in [0.05, 0.1) is 0 Å². The number of halogens is 2. The SMILES string of the molecule is CC12CCCCC1CCC1C3CCCC(=O)C(Br)(Br)C3CCC12. The number of alkyl halides is 2. The van der Waals surface area contributed by atoms with Crippen molar-refractivity contribution in [3.63, 3.8) is 0 Å². The van der Waals surface area contributed by atoms with E-state index < -0.39 is 3.23 Å². The molecule has 4 aliphatic carbocycles. The van der Waals surface area contributed by atoms with Gasteiger partial charge in [-0.25, -0.2) is 0 Å². The Balaban J connectivity index is 1.64. The number of rotatable bonds is 0. The van der Waals surface area contributed by atoms with E-state index in [1.165, 1.54) is 57.8 Å². The smallest absolute Gasteiger partial charge is 0.160 e. The first-order valence-corrected chi connectivity index (χ1v) is 11.4. The van der Waals surface area contributed by atoms with E-state index in [2.05, 4.69) is 38.8 Å². The molecule has 1 nitrogen and oxygen atoms in total. The number of carbonyl (C=O) groups is 1. The molecule has 0 radical (unpaired) electrons. The fourth-order valence-corrected chi connectivity index (χ4v) is 8.67. The maximum absolute atomic E-state index is 12.5. The molecule has 0 aliphatic heterocycles. The van der Waals surface area contributed by atoms with Gasteiger partial charge in [-0.2, -0.15) is 0 Å². The van der Waals surface area contributed by atoms with Gasteiger partial charge in [-0.15, -0.1) is 0 Å². The first-order valence-electron chi connectivity index (χ1n) is 9.85. The van der Waals surface area contributed by atoms with E-state index in [9.17, 15) is 4.79 Å². The Labute approximate surface area is 158 Å². The minimum Gasteiger partial charge on any atom is -0.297 e. The molecule has 3 heteroatoms. The molecule has 6 unspecified atom stereocenters. The standard InChI is InChI=1S/C20H30Br2O/c1-19-12-3-2-5-13(19)8-9-15-14-6-4-7-18(23)20(21,22)17(14)11-10-16(15)19/h13-17H,2-12H2,1H3. The van der Waals surface area contributed by atoms with Crippen molar-refractivity contribution in [2.24, 2.45) is 35.0 Å². The Morgan fingerprint density at radius 3 is 2.43 bits per heavy atom. The number of Topliss-reactive ketones (excluding diaryl/α,β-unsaturated/α-hetero) is 1. The molecule has 6 atom stereocenters. The molecule has 0 aromatic carbocycles. The minimum atomic E-state index is -0.434. The zero-order valence-corrected chi connectivity index (χ0v) is 17.5. The summed E-state index contributed by atoms with van der Waals surface area (Å²) in [5.74, 6) is 4.42.